The van der Waals surface area contributed by atoms with Crippen LogP contribution in [0.1, 0.15) is 42.7 Å². The summed E-state index contributed by atoms with van der Waals surface area (Å²) in [7, 11) is 1.54. The molecule has 2 heterocycles. The minimum atomic E-state index is -0.111. The number of nitrogens with zero attached hydrogens (tertiary/aromatic N) is 3. The Kier molecular flexibility index (Phi) is 6.75. The fourth-order valence-electron chi connectivity index (χ4n) is 2.13. The molecule has 1 aliphatic heterocycles. The lowest BCUT2D eigenvalue weighted by Crippen LogP contribution is -2.23. The predicted molar refractivity (Wildman–Crippen MR) is 77.8 cm³/mol. The monoisotopic (exact) mass is 361 g/mol. The molecule has 1 fully saturated rings. The van der Waals surface area contributed by atoms with Crippen LogP contribution >= 0.6 is 15.9 Å². The molecule has 0 aromatic carbocycles. The van der Waals surface area contributed by atoms with Gasteiger partial charge in [-0.2, -0.15) is 4.98 Å². The first-order chi connectivity index (χ1) is 10.2. The lowest BCUT2D eigenvalue weighted by atomic mass is 10.2. The van der Waals surface area contributed by atoms with E-state index in [1.807, 2.05) is 0 Å². The van der Waals surface area contributed by atoms with Gasteiger partial charge in [-0.15, -0.1) is 5.10 Å². The molecule has 1 atom stereocenters. The molecule has 1 unspecified atom stereocenters. The highest BCUT2D eigenvalue weighted by Crippen LogP contribution is 2.14. The van der Waals surface area contributed by atoms with Crippen molar-refractivity contribution in [3.05, 3.63) is 10.6 Å². The minimum absolute atomic E-state index is 0.0709. The number of hydrogen-bond acceptors (Lipinski definition) is 6. The third-order valence-corrected chi connectivity index (χ3v) is 3.47. The topological polar surface area (TPSA) is 75.5 Å². The van der Waals surface area contributed by atoms with Crippen molar-refractivity contribution >= 4 is 21.7 Å². The van der Waals surface area contributed by atoms with E-state index in [4.69, 9.17) is 14.2 Å². The molecule has 0 spiro atoms. The second kappa shape index (κ2) is 8.57. The van der Waals surface area contributed by atoms with Crippen LogP contribution in [0.15, 0.2) is 4.73 Å². The Labute approximate surface area is 132 Å². The Morgan fingerprint density at radius 1 is 1.52 bits per heavy atom. The van der Waals surface area contributed by atoms with Gasteiger partial charge in [0.25, 0.3) is 0 Å². The van der Waals surface area contributed by atoms with Crippen molar-refractivity contribution in [2.24, 2.45) is 0 Å². The van der Waals surface area contributed by atoms with Gasteiger partial charge in [0.05, 0.1) is 6.61 Å². The molecule has 0 amide bonds. The summed E-state index contributed by atoms with van der Waals surface area (Å²) in [6, 6.07) is 0. The Balaban J connectivity index is 1.73. The third kappa shape index (κ3) is 5.14. The van der Waals surface area contributed by atoms with E-state index in [9.17, 15) is 4.79 Å². The Morgan fingerprint density at radius 2 is 2.38 bits per heavy atom. The second-order valence-electron chi connectivity index (χ2n) is 4.82. The summed E-state index contributed by atoms with van der Waals surface area (Å²) < 4.78 is 17.9. The molecule has 0 aliphatic carbocycles. The zero-order valence-electron chi connectivity index (χ0n) is 12.1. The van der Waals surface area contributed by atoms with Crippen LogP contribution in [0, 0.1) is 0 Å². The molecule has 0 bridgehead atoms. The molecule has 0 N–H and O–H groups in total. The van der Waals surface area contributed by atoms with Gasteiger partial charge in [-0.1, -0.05) is 0 Å². The largest absolute Gasteiger partial charge is 0.362 e. The van der Waals surface area contributed by atoms with Gasteiger partial charge in [-0.25, -0.2) is 4.68 Å². The molecule has 0 radical (unpaired) electrons. The highest BCUT2D eigenvalue weighted by Gasteiger charge is 2.17. The van der Waals surface area contributed by atoms with E-state index in [1.165, 1.54) is 4.68 Å². The maximum absolute atomic E-state index is 12.1. The van der Waals surface area contributed by atoms with Crippen LogP contribution in [0.2, 0.25) is 0 Å². The van der Waals surface area contributed by atoms with E-state index in [0.717, 1.165) is 25.9 Å². The van der Waals surface area contributed by atoms with Crippen LogP contribution < -0.4 is 0 Å². The zero-order chi connectivity index (χ0) is 15.1. The van der Waals surface area contributed by atoms with Crippen LogP contribution in [0.25, 0.3) is 0 Å². The van der Waals surface area contributed by atoms with Gasteiger partial charge in [0.15, 0.2) is 17.9 Å². The predicted octanol–water partition coefficient (Wildman–Crippen LogP) is 2.15. The van der Waals surface area contributed by atoms with Crippen molar-refractivity contribution in [1.29, 1.82) is 0 Å². The van der Waals surface area contributed by atoms with Gasteiger partial charge < -0.3 is 14.2 Å². The summed E-state index contributed by atoms with van der Waals surface area (Å²) >= 11 is 3.16. The second-order valence-corrected chi connectivity index (χ2v) is 5.52. The number of carbonyl (C=O) groups is 1. The molecule has 8 heteroatoms. The molecule has 1 aliphatic rings. The van der Waals surface area contributed by atoms with E-state index in [2.05, 4.69) is 26.0 Å². The molecular formula is C13H20BrN3O4. The van der Waals surface area contributed by atoms with E-state index < -0.39 is 0 Å². The first-order valence-corrected chi connectivity index (χ1v) is 7.85. The summed E-state index contributed by atoms with van der Waals surface area (Å²) in [6.45, 7) is 1.47. The quantitative estimate of drug-likeness (QED) is 0.521. The van der Waals surface area contributed by atoms with Gasteiger partial charge in [0.1, 0.15) is 6.73 Å². The number of ether oxygens (including phenoxy) is 3. The number of aromatic nitrogens is 3. The van der Waals surface area contributed by atoms with Gasteiger partial charge in [0, 0.05) is 20.1 Å². The number of halogens is 1. The van der Waals surface area contributed by atoms with E-state index >= 15 is 0 Å². The number of hydrogen-bond donors (Lipinski definition) is 0. The normalized spacial score (nSPS) is 18.9. The number of rotatable bonds is 8. The fourth-order valence-corrected chi connectivity index (χ4v) is 2.49. The summed E-state index contributed by atoms with van der Waals surface area (Å²) in [5.41, 5.74) is 0. The summed E-state index contributed by atoms with van der Waals surface area (Å²) in [5, 5.41) is 4.05. The molecule has 118 valence electrons. The van der Waals surface area contributed by atoms with Crippen LogP contribution in [-0.4, -0.2) is 47.2 Å². The number of Topliss-reactive ketones (excluding diaryl/α,β-unsaturated/α-hetero) is 1. The van der Waals surface area contributed by atoms with Crippen molar-refractivity contribution in [3.63, 3.8) is 0 Å². The van der Waals surface area contributed by atoms with Crippen LogP contribution in [-0.2, 0) is 20.9 Å². The molecule has 1 aromatic rings. The lowest BCUT2D eigenvalue weighted by Gasteiger charge is -2.22. The van der Waals surface area contributed by atoms with E-state index in [0.29, 0.717) is 30.0 Å². The molecule has 0 saturated carbocycles. The number of ketones is 1. The van der Waals surface area contributed by atoms with Crippen molar-refractivity contribution < 1.29 is 19.0 Å². The molecular weight excluding hydrogens is 342 g/mol. The lowest BCUT2D eigenvalue weighted by molar-refractivity contribution is -0.162. The summed E-state index contributed by atoms with van der Waals surface area (Å²) in [5.74, 6) is 0.232. The molecule has 21 heavy (non-hydrogen) atoms. The van der Waals surface area contributed by atoms with Gasteiger partial charge >= 0.3 is 0 Å². The highest BCUT2D eigenvalue weighted by molar-refractivity contribution is 9.10. The standard InChI is InChI=1S/C13H20BrN3O4/c1-19-9-17-12(15-13(14)16-17)10(18)5-4-8-21-11-6-2-3-7-20-11/h11H,2-9H2,1H3. The van der Waals surface area contributed by atoms with Crippen molar-refractivity contribution in [2.45, 2.75) is 45.1 Å². The van der Waals surface area contributed by atoms with Crippen LogP contribution in [0.4, 0.5) is 0 Å². The van der Waals surface area contributed by atoms with Gasteiger partial charge in [-0.05, 0) is 41.6 Å². The van der Waals surface area contributed by atoms with Crippen molar-refractivity contribution in [2.75, 3.05) is 20.3 Å². The van der Waals surface area contributed by atoms with Crippen LogP contribution in [0.5, 0.6) is 0 Å². The van der Waals surface area contributed by atoms with Gasteiger partial charge in [-0.3, -0.25) is 4.79 Å². The summed E-state index contributed by atoms with van der Waals surface area (Å²) in [4.78, 5) is 16.2. The smallest absolute Gasteiger partial charge is 0.218 e. The average Bonchev–Trinajstić information content (AvgIpc) is 2.86. The number of carbonyl (C=O) groups excluding carboxylic acids is 1. The minimum Gasteiger partial charge on any atom is -0.362 e. The SMILES string of the molecule is COCn1nc(Br)nc1C(=O)CCCOC1CCCCO1. The maximum atomic E-state index is 12.1. The highest BCUT2D eigenvalue weighted by atomic mass is 79.9. The molecule has 1 saturated heterocycles. The fraction of sp³-hybridized carbons (Fsp3) is 0.769. The Bertz CT molecular complexity index is 460. The van der Waals surface area contributed by atoms with Crippen molar-refractivity contribution in [1.82, 2.24) is 14.8 Å². The molecule has 1 aromatic heterocycles. The third-order valence-electron chi connectivity index (χ3n) is 3.14. The Morgan fingerprint density at radius 3 is 3.10 bits per heavy atom. The molecule has 7 nitrogen and oxygen atoms in total. The van der Waals surface area contributed by atoms with E-state index in [-0.39, 0.29) is 18.8 Å². The summed E-state index contributed by atoms with van der Waals surface area (Å²) in [6.07, 6.45) is 4.06. The average molecular weight is 362 g/mol. The number of methoxy groups -OCH3 is 1. The zero-order valence-corrected chi connectivity index (χ0v) is 13.7. The Hall–Kier alpha value is -0.830. The van der Waals surface area contributed by atoms with E-state index in [1.54, 1.807) is 7.11 Å². The molecule has 2 rings (SSSR count). The first-order valence-electron chi connectivity index (χ1n) is 7.06. The maximum Gasteiger partial charge on any atom is 0.218 e. The van der Waals surface area contributed by atoms with Gasteiger partial charge in [0.2, 0.25) is 4.73 Å². The van der Waals surface area contributed by atoms with Crippen molar-refractivity contribution in [3.8, 4) is 0 Å². The van der Waals surface area contributed by atoms with Crippen LogP contribution in [0.3, 0.4) is 0 Å². The first kappa shape index (κ1) is 16.5.